The SMILES string of the molecule is CN(Cc1ccc(C2=NCCN2)cc1)C(=O)CNC(=O)c1nc2ccccc2n1Cc1ccccc1F. The summed E-state index contributed by atoms with van der Waals surface area (Å²) >= 11 is 0. The Kier molecular flexibility index (Phi) is 6.93. The number of nitrogens with one attached hydrogen (secondary N) is 2. The summed E-state index contributed by atoms with van der Waals surface area (Å²) in [5.41, 5.74) is 3.76. The van der Waals surface area contributed by atoms with E-state index in [1.807, 2.05) is 42.5 Å². The molecule has 8 nitrogen and oxygen atoms in total. The first kappa shape index (κ1) is 24.2. The Morgan fingerprint density at radius 1 is 1.05 bits per heavy atom. The molecule has 1 aliphatic heterocycles. The third-order valence-electron chi connectivity index (χ3n) is 6.29. The van der Waals surface area contributed by atoms with Crippen molar-refractivity contribution in [3.63, 3.8) is 0 Å². The molecule has 0 saturated carbocycles. The van der Waals surface area contributed by atoms with E-state index in [9.17, 15) is 14.0 Å². The number of hydrogen-bond acceptors (Lipinski definition) is 5. The molecule has 0 fully saturated rings. The second-order valence-electron chi connectivity index (χ2n) is 8.89. The van der Waals surface area contributed by atoms with Crippen LogP contribution in [0.25, 0.3) is 11.0 Å². The van der Waals surface area contributed by atoms with E-state index in [1.54, 1.807) is 40.8 Å². The standard InChI is InChI=1S/C28H27FN6O2/c1-34(17-19-10-12-20(13-11-19)26-30-14-15-31-26)25(36)16-32-28(37)27-33-23-8-4-5-9-24(23)35(27)18-21-6-2-3-7-22(21)29/h2-13H,14-18H2,1H3,(H,30,31)(H,32,37). The molecule has 0 radical (unpaired) electrons. The number of carbonyl (C=O) groups excluding carboxylic acids is 2. The average Bonchev–Trinajstić information content (AvgIpc) is 3.58. The number of aromatic nitrogens is 2. The molecule has 1 aromatic heterocycles. The molecule has 5 rings (SSSR count). The van der Waals surface area contributed by atoms with Gasteiger partial charge < -0.3 is 20.1 Å². The van der Waals surface area contributed by atoms with Gasteiger partial charge in [0.15, 0.2) is 5.82 Å². The minimum Gasteiger partial charge on any atom is -0.368 e. The molecule has 0 atom stereocenters. The summed E-state index contributed by atoms with van der Waals surface area (Å²) in [6.07, 6.45) is 0. The monoisotopic (exact) mass is 498 g/mol. The summed E-state index contributed by atoms with van der Waals surface area (Å²) in [6, 6.07) is 21.6. The van der Waals surface area contributed by atoms with Crippen LogP contribution in [0.1, 0.15) is 27.3 Å². The molecule has 37 heavy (non-hydrogen) atoms. The number of benzene rings is 3. The highest BCUT2D eigenvalue weighted by Gasteiger charge is 2.20. The quantitative estimate of drug-likeness (QED) is 0.391. The molecular weight excluding hydrogens is 471 g/mol. The van der Waals surface area contributed by atoms with Crippen molar-refractivity contribution in [2.24, 2.45) is 4.99 Å². The van der Waals surface area contributed by atoms with Gasteiger partial charge >= 0.3 is 0 Å². The molecule has 188 valence electrons. The second-order valence-corrected chi connectivity index (χ2v) is 8.89. The lowest BCUT2D eigenvalue weighted by Crippen LogP contribution is -2.38. The zero-order valence-electron chi connectivity index (χ0n) is 20.4. The molecule has 2 amide bonds. The highest BCUT2D eigenvalue weighted by Crippen LogP contribution is 2.19. The van der Waals surface area contributed by atoms with Gasteiger partial charge in [-0.15, -0.1) is 0 Å². The number of aliphatic imine (C=N–C) groups is 1. The van der Waals surface area contributed by atoms with Crippen molar-refractivity contribution < 1.29 is 14.0 Å². The number of fused-ring (bicyclic) bond motifs is 1. The largest absolute Gasteiger partial charge is 0.368 e. The molecule has 9 heteroatoms. The van der Waals surface area contributed by atoms with Crippen LogP contribution in [-0.4, -0.2) is 58.8 Å². The Bertz CT molecular complexity index is 1480. The third kappa shape index (κ3) is 5.35. The molecule has 1 aliphatic rings. The molecule has 3 aromatic carbocycles. The summed E-state index contributed by atoms with van der Waals surface area (Å²) in [4.78, 5) is 36.3. The van der Waals surface area contributed by atoms with Gasteiger partial charge in [-0.25, -0.2) is 9.37 Å². The maximum atomic E-state index is 14.3. The van der Waals surface area contributed by atoms with Gasteiger partial charge in [0.1, 0.15) is 11.7 Å². The number of likely N-dealkylation sites (N-methyl/N-ethyl adjacent to an activating group) is 1. The molecular formula is C28H27FN6O2. The van der Waals surface area contributed by atoms with Crippen molar-refractivity contribution in [2.45, 2.75) is 13.1 Å². The smallest absolute Gasteiger partial charge is 0.287 e. The van der Waals surface area contributed by atoms with Gasteiger partial charge in [-0.1, -0.05) is 54.6 Å². The lowest BCUT2D eigenvalue weighted by atomic mass is 10.1. The fourth-order valence-corrected chi connectivity index (χ4v) is 4.30. The molecule has 0 saturated heterocycles. The van der Waals surface area contributed by atoms with Crippen molar-refractivity contribution >= 4 is 28.7 Å². The van der Waals surface area contributed by atoms with Gasteiger partial charge in [0.2, 0.25) is 5.91 Å². The summed E-state index contributed by atoms with van der Waals surface area (Å²) in [5.74, 6) is -0.0814. The van der Waals surface area contributed by atoms with E-state index in [2.05, 4.69) is 20.6 Å². The van der Waals surface area contributed by atoms with Crippen molar-refractivity contribution in [1.82, 2.24) is 25.1 Å². The Balaban J connectivity index is 1.25. The van der Waals surface area contributed by atoms with E-state index in [0.29, 0.717) is 23.1 Å². The predicted molar refractivity (Wildman–Crippen MR) is 140 cm³/mol. The number of para-hydroxylation sites is 2. The van der Waals surface area contributed by atoms with Crippen LogP contribution in [0.4, 0.5) is 4.39 Å². The van der Waals surface area contributed by atoms with Gasteiger partial charge in [0.05, 0.1) is 30.7 Å². The second kappa shape index (κ2) is 10.6. The van der Waals surface area contributed by atoms with Crippen LogP contribution in [0.15, 0.2) is 77.8 Å². The maximum absolute atomic E-state index is 14.3. The Hall–Kier alpha value is -4.53. The fraction of sp³-hybridized carbons (Fsp3) is 0.214. The van der Waals surface area contributed by atoms with E-state index in [1.165, 1.54) is 6.07 Å². The Labute approximate surface area is 213 Å². The highest BCUT2D eigenvalue weighted by molar-refractivity contribution is 5.99. The maximum Gasteiger partial charge on any atom is 0.287 e. The van der Waals surface area contributed by atoms with Crippen molar-refractivity contribution in [3.8, 4) is 0 Å². The first-order valence-corrected chi connectivity index (χ1v) is 12.1. The van der Waals surface area contributed by atoms with Gasteiger partial charge in [0.25, 0.3) is 5.91 Å². The third-order valence-corrected chi connectivity index (χ3v) is 6.29. The number of hydrogen-bond donors (Lipinski definition) is 2. The lowest BCUT2D eigenvalue weighted by Gasteiger charge is -2.18. The molecule has 2 heterocycles. The Morgan fingerprint density at radius 2 is 1.81 bits per heavy atom. The van der Waals surface area contributed by atoms with Crippen molar-refractivity contribution in [1.29, 1.82) is 0 Å². The summed E-state index contributed by atoms with van der Waals surface area (Å²) in [6.45, 7) is 1.98. The van der Waals surface area contributed by atoms with E-state index < -0.39 is 5.91 Å². The first-order valence-electron chi connectivity index (χ1n) is 12.1. The van der Waals surface area contributed by atoms with E-state index in [-0.39, 0.29) is 30.6 Å². The lowest BCUT2D eigenvalue weighted by molar-refractivity contribution is -0.129. The van der Waals surface area contributed by atoms with Gasteiger partial charge in [-0.2, -0.15) is 0 Å². The zero-order valence-corrected chi connectivity index (χ0v) is 20.4. The normalized spacial score (nSPS) is 12.8. The van der Waals surface area contributed by atoms with Crippen LogP contribution in [0, 0.1) is 5.82 Å². The first-order chi connectivity index (χ1) is 18.0. The van der Waals surface area contributed by atoms with Crippen LogP contribution < -0.4 is 10.6 Å². The Morgan fingerprint density at radius 3 is 2.57 bits per heavy atom. The average molecular weight is 499 g/mol. The molecule has 2 N–H and O–H groups in total. The molecule has 0 aliphatic carbocycles. The van der Waals surface area contributed by atoms with Crippen LogP contribution in [-0.2, 0) is 17.9 Å². The van der Waals surface area contributed by atoms with E-state index in [4.69, 9.17) is 0 Å². The minimum absolute atomic E-state index is 0.124. The van der Waals surface area contributed by atoms with Crippen LogP contribution >= 0.6 is 0 Å². The van der Waals surface area contributed by atoms with Crippen LogP contribution in [0.3, 0.4) is 0 Å². The van der Waals surface area contributed by atoms with Gasteiger partial charge in [0, 0.05) is 31.3 Å². The van der Waals surface area contributed by atoms with Crippen molar-refractivity contribution in [2.75, 3.05) is 26.7 Å². The summed E-state index contributed by atoms with van der Waals surface area (Å²) in [7, 11) is 1.69. The number of nitrogens with zero attached hydrogens (tertiary/aromatic N) is 4. The number of halogens is 1. The highest BCUT2D eigenvalue weighted by atomic mass is 19.1. The number of imidazole rings is 1. The minimum atomic E-state index is -0.497. The molecule has 0 spiro atoms. The predicted octanol–water partition coefficient (Wildman–Crippen LogP) is 2.96. The van der Waals surface area contributed by atoms with E-state index >= 15 is 0 Å². The molecule has 0 unspecified atom stereocenters. The molecule has 0 bridgehead atoms. The van der Waals surface area contributed by atoms with Gasteiger partial charge in [-0.3, -0.25) is 14.6 Å². The number of amidine groups is 1. The van der Waals surface area contributed by atoms with Crippen LogP contribution in [0.5, 0.6) is 0 Å². The fourth-order valence-electron chi connectivity index (χ4n) is 4.30. The number of rotatable bonds is 8. The number of carbonyl (C=O) groups is 2. The van der Waals surface area contributed by atoms with Crippen molar-refractivity contribution in [3.05, 3.63) is 101 Å². The molecule has 4 aromatic rings. The summed E-state index contributed by atoms with van der Waals surface area (Å²) in [5, 5.41) is 5.92. The zero-order chi connectivity index (χ0) is 25.8. The number of amides is 2. The van der Waals surface area contributed by atoms with Gasteiger partial charge in [-0.05, 0) is 23.8 Å². The van der Waals surface area contributed by atoms with E-state index in [0.717, 1.165) is 30.1 Å². The summed E-state index contributed by atoms with van der Waals surface area (Å²) < 4.78 is 16.0. The topological polar surface area (TPSA) is 91.6 Å². The van der Waals surface area contributed by atoms with Crippen LogP contribution in [0.2, 0.25) is 0 Å².